The monoisotopic (exact) mass is 402 g/mol. The minimum Gasteiger partial charge on any atom is -0.357 e. The van der Waals surface area contributed by atoms with Gasteiger partial charge in [-0.3, -0.25) is 4.79 Å². The van der Waals surface area contributed by atoms with Crippen molar-refractivity contribution in [2.45, 2.75) is 63.3 Å². The Morgan fingerprint density at radius 3 is 2.57 bits per heavy atom. The number of carbonyl (C=O) groups is 1. The summed E-state index contributed by atoms with van der Waals surface area (Å²) in [5.74, 6) is 1.05. The van der Waals surface area contributed by atoms with Crippen LogP contribution in [-0.2, 0) is 6.54 Å². The van der Waals surface area contributed by atoms with E-state index >= 15 is 0 Å². The summed E-state index contributed by atoms with van der Waals surface area (Å²) >= 11 is 1.97. The standard InChI is InChI=1S/C22H34N4OS/c1-3-23-22(25-19-11-12-20(15-19)28-2)24-16-17-7-9-18(10-8-17)21(27)26-13-5-4-6-14-26/h7-10,19-20H,3-6,11-16H2,1-2H3,(H2,23,24,25). The van der Waals surface area contributed by atoms with E-state index in [9.17, 15) is 4.79 Å². The molecule has 5 nitrogen and oxygen atoms in total. The van der Waals surface area contributed by atoms with E-state index in [1.165, 1.54) is 25.7 Å². The number of nitrogens with zero attached hydrogens (tertiary/aromatic N) is 2. The molecule has 1 aliphatic heterocycles. The second kappa shape index (κ2) is 10.7. The van der Waals surface area contributed by atoms with E-state index in [-0.39, 0.29) is 5.91 Å². The van der Waals surface area contributed by atoms with Gasteiger partial charge in [-0.15, -0.1) is 0 Å². The maximum atomic E-state index is 12.6. The topological polar surface area (TPSA) is 56.7 Å². The Balaban J connectivity index is 1.55. The lowest BCUT2D eigenvalue weighted by molar-refractivity contribution is 0.0724. The third kappa shape index (κ3) is 5.90. The van der Waals surface area contributed by atoms with Crippen LogP contribution in [0.25, 0.3) is 0 Å². The Morgan fingerprint density at radius 1 is 1.18 bits per heavy atom. The highest BCUT2D eigenvalue weighted by Gasteiger charge is 2.24. The zero-order valence-corrected chi connectivity index (χ0v) is 18.1. The van der Waals surface area contributed by atoms with Crippen LogP contribution in [0.2, 0.25) is 0 Å². The molecule has 0 bridgehead atoms. The molecule has 6 heteroatoms. The van der Waals surface area contributed by atoms with Gasteiger partial charge in [-0.05, 0) is 69.4 Å². The molecule has 1 saturated heterocycles. The van der Waals surface area contributed by atoms with Crippen LogP contribution in [0.1, 0.15) is 61.4 Å². The van der Waals surface area contributed by atoms with Crippen LogP contribution in [0.3, 0.4) is 0 Å². The third-order valence-electron chi connectivity index (χ3n) is 5.67. The maximum absolute atomic E-state index is 12.6. The number of likely N-dealkylation sites (tertiary alicyclic amines) is 1. The van der Waals surface area contributed by atoms with Gasteiger partial charge in [-0.1, -0.05) is 12.1 Å². The lowest BCUT2D eigenvalue weighted by Crippen LogP contribution is -2.42. The van der Waals surface area contributed by atoms with Gasteiger partial charge < -0.3 is 15.5 Å². The van der Waals surface area contributed by atoms with Gasteiger partial charge in [-0.2, -0.15) is 11.8 Å². The predicted molar refractivity (Wildman–Crippen MR) is 119 cm³/mol. The van der Waals surface area contributed by atoms with Crippen molar-refractivity contribution in [1.82, 2.24) is 15.5 Å². The first-order valence-corrected chi connectivity index (χ1v) is 11.9. The molecule has 3 rings (SSSR count). The minimum atomic E-state index is 0.161. The van der Waals surface area contributed by atoms with E-state index in [0.29, 0.717) is 12.6 Å². The first-order valence-electron chi connectivity index (χ1n) is 10.7. The predicted octanol–water partition coefficient (Wildman–Crippen LogP) is 3.65. The molecule has 28 heavy (non-hydrogen) atoms. The number of benzene rings is 1. The molecule has 0 spiro atoms. The second-order valence-electron chi connectivity index (χ2n) is 7.76. The van der Waals surface area contributed by atoms with Crippen LogP contribution in [-0.4, -0.2) is 53.9 Å². The molecule has 1 saturated carbocycles. The van der Waals surface area contributed by atoms with Crippen LogP contribution < -0.4 is 10.6 Å². The Labute approximate surface area is 173 Å². The van der Waals surface area contributed by atoms with Gasteiger partial charge in [-0.25, -0.2) is 4.99 Å². The Hall–Kier alpha value is -1.69. The first-order chi connectivity index (χ1) is 13.7. The molecule has 2 atom stereocenters. The van der Waals surface area contributed by atoms with E-state index in [4.69, 9.17) is 4.99 Å². The summed E-state index contributed by atoms with van der Waals surface area (Å²) in [4.78, 5) is 19.3. The Kier molecular flexibility index (Phi) is 8.07. The highest BCUT2D eigenvalue weighted by molar-refractivity contribution is 7.99. The van der Waals surface area contributed by atoms with Gasteiger partial charge in [0.2, 0.25) is 0 Å². The number of piperidine rings is 1. The quantitative estimate of drug-likeness (QED) is 0.563. The van der Waals surface area contributed by atoms with E-state index in [1.54, 1.807) is 0 Å². The minimum absolute atomic E-state index is 0.161. The SMILES string of the molecule is CCNC(=NCc1ccc(C(=O)N2CCCCC2)cc1)NC1CCC(SC)C1. The fraction of sp³-hybridized carbons (Fsp3) is 0.636. The van der Waals surface area contributed by atoms with Crippen molar-refractivity contribution in [3.05, 3.63) is 35.4 Å². The van der Waals surface area contributed by atoms with Gasteiger partial charge in [0.25, 0.3) is 5.91 Å². The van der Waals surface area contributed by atoms with Crippen molar-refractivity contribution in [1.29, 1.82) is 0 Å². The zero-order chi connectivity index (χ0) is 19.8. The lowest BCUT2D eigenvalue weighted by Gasteiger charge is -2.26. The van der Waals surface area contributed by atoms with Gasteiger partial charge in [0, 0.05) is 36.5 Å². The number of nitrogens with one attached hydrogen (secondary N) is 2. The zero-order valence-electron chi connectivity index (χ0n) is 17.2. The highest BCUT2D eigenvalue weighted by Crippen LogP contribution is 2.28. The summed E-state index contributed by atoms with van der Waals surface area (Å²) in [5.41, 5.74) is 1.91. The van der Waals surface area contributed by atoms with Crippen LogP contribution >= 0.6 is 11.8 Å². The number of hydrogen-bond donors (Lipinski definition) is 2. The number of thioether (sulfide) groups is 1. The molecular weight excluding hydrogens is 368 g/mol. The molecule has 2 fully saturated rings. The molecule has 0 aromatic heterocycles. The number of carbonyl (C=O) groups excluding carboxylic acids is 1. The molecule has 1 heterocycles. The molecule has 2 unspecified atom stereocenters. The summed E-state index contributed by atoms with van der Waals surface area (Å²) in [7, 11) is 0. The molecular formula is C22H34N4OS. The fourth-order valence-electron chi connectivity index (χ4n) is 4.00. The van der Waals surface area contributed by atoms with Crippen LogP contribution in [0.5, 0.6) is 0 Å². The average Bonchev–Trinajstić information content (AvgIpc) is 3.20. The van der Waals surface area contributed by atoms with Gasteiger partial charge in [0.05, 0.1) is 6.54 Å². The van der Waals surface area contributed by atoms with E-state index in [2.05, 4.69) is 23.8 Å². The summed E-state index contributed by atoms with van der Waals surface area (Å²) in [5, 5.41) is 7.71. The number of amides is 1. The number of aliphatic imine (C=N–C) groups is 1. The molecule has 1 aromatic rings. The molecule has 1 aliphatic carbocycles. The summed E-state index contributed by atoms with van der Waals surface area (Å²) in [6.07, 6.45) is 9.38. The van der Waals surface area contributed by atoms with E-state index in [0.717, 1.165) is 54.8 Å². The van der Waals surface area contributed by atoms with Gasteiger partial charge >= 0.3 is 0 Å². The average molecular weight is 403 g/mol. The van der Waals surface area contributed by atoms with Crippen LogP contribution in [0.4, 0.5) is 0 Å². The van der Waals surface area contributed by atoms with Crippen molar-refractivity contribution >= 4 is 23.6 Å². The molecule has 1 amide bonds. The Morgan fingerprint density at radius 2 is 1.93 bits per heavy atom. The summed E-state index contributed by atoms with van der Waals surface area (Å²) in [6.45, 7) is 5.35. The first kappa shape index (κ1) is 21.0. The lowest BCUT2D eigenvalue weighted by atomic mass is 10.1. The van der Waals surface area contributed by atoms with Crippen LogP contribution in [0.15, 0.2) is 29.3 Å². The van der Waals surface area contributed by atoms with E-state index < -0.39 is 0 Å². The highest BCUT2D eigenvalue weighted by atomic mass is 32.2. The van der Waals surface area contributed by atoms with Crippen molar-refractivity contribution < 1.29 is 4.79 Å². The summed E-state index contributed by atoms with van der Waals surface area (Å²) < 4.78 is 0. The van der Waals surface area contributed by atoms with Gasteiger partial charge in [0.1, 0.15) is 0 Å². The number of rotatable bonds is 6. The number of hydrogen-bond acceptors (Lipinski definition) is 3. The third-order valence-corrected chi connectivity index (χ3v) is 6.76. The fourth-order valence-corrected chi connectivity index (χ4v) is 4.80. The normalized spacial score (nSPS) is 22.9. The molecule has 2 aliphatic rings. The van der Waals surface area contributed by atoms with Crippen molar-refractivity contribution in [2.75, 3.05) is 25.9 Å². The van der Waals surface area contributed by atoms with Crippen molar-refractivity contribution in [3.8, 4) is 0 Å². The smallest absolute Gasteiger partial charge is 0.253 e. The maximum Gasteiger partial charge on any atom is 0.253 e. The largest absolute Gasteiger partial charge is 0.357 e. The molecule has 1 aromatic carbocycles. The molecule has 154 valence electrons. The molecule has 0 radical (unpaired) electrons. The number of guanidine groups is 1. The van der Waals surface area contributed by atoms with Crippen molar-refractivity contribution in [2.24, 2.45) is 4.99 Å². The van der Waals surface area contributed by atoms with Gasteiger partial charge in [0.15, 0.2) is 5.96 Å². The second-order valence-corrected chi connectivity index (χ2v) is 8.90. The van der Waals surface area contributed by atoms with Crippen molar-refractivity contribution in [3.63, 3.8) is 0 Å². The van der Waals surface area contributed by atoms with E-state index in [1.807, 2.05) is 40.9 Å². The molecule has 2 N–H and O–H groups in total. The van der Waals surface area contributed by atoms with Crippen LogP contribution in [0, 0.1) is 0 Å². The Bertz CT molecular complexity index is 655. The summed E-state index contributed by atoms with van der Waals surface area (Å²) in [6, 6.07) is 8.47.